The van der Waals surface area contributed by atoms with Crippen molar-refractivity contribution in [1.29, 1.82) is 0 Å². The molecule has 0 spiro atoms. The fourth-order valence-electron chi connectivity index (χ4n) is 1.78. The zero-order valence-electron chi connectivity index (χ0n) is 10.9. The third-order valence-electron chi connectivity index (χ3n) is 2.94. The van der Waals surface area contributed by atoms with E-state index in [2.05, 4.69) is 28.2 Å². The SMILES string of the molecule is CCCC[C@H](N)C(=O)NC(C)c1ccccc1Br. The quantitative estimate of drug-likeness (QED) is 0.847. The summed E-state index contributed by atoms with van der Waals surface area (Å²) in [5.74, 6) is -0.0771. The molecule has 0 saturated heterocycles. The molecule has 0 heterocycles. The van der Waals surface area contributed by atoms with Crippen LogP contribution in [-0.2, 0) is 4.79 Å². The highest BCUT2D eigenvalue weighted by molar-refractivity contribution is 9.10. The van der Waals surface area contributed by atoms with Crippen LogP contribution >= 0.6 is 15.9 Å². The van der Waals surface area contributed by atoms with E-state index in [0.29, 0.717) is 0 Å². The van der Waals surface area contributed by atoms with Crippen molar-refractivity contribution in [3.63, 3.8) is 0 Å². The molecule has 0 aliphatic heterocycles. The monoisotopic (exact) mass is 312 g/mol. The van der Waals surface area contributed by atoms with Crippen LogP contribution in [-0.4, -0.2) is 11.9 Å². The van der Waals surface area contributed by atoms with Crippen LogP contribution in [0.3, 0.4) is 0 Å². The van der Waals surface area contributed by atoms with Gasteiger partial charge in [0.2, 0.25) is 5.91 Å². The third kappa shape index (κ3) is 4.42. The minimum absolute atomic E-state index is 0.0410. The Morgan fingerprint density at radius 1 is 1.44 bits per heavy atom. The van der Waals surface area contributed by atoms with Crippen LogP contribution in [0.25, 0.3) is 0 Å². The summed E-state index contributed by atoms with van der Waals surface area (Å²) in [6.45, 7) is 4.05. The van der Waals surface area contributed by atoms with Crippen molar-refractivity contribution in [2.75, 3.05) is 0 Å². The summed E-state index contributed by atoms with van der Waals surface area (Å²) in [4.78, 5) is 11.9. The first kappa shape index (κ1) is 15.2. The number of nitrogens with two attached hydrogens (primary N) is 1. The fourth-order valence-corrected chi connectivity index (χ4v) is 2.41. The maximum Gasteiger partial charge on any atom is 0.237 e. The van der Waals surface area contributed by atoms with Gasteiger partial charge in [-0.05, 0) is 25.0 Å². The largest absolute Gasteiger partial charge is 0.348 e. The topological polar surface area (TPSA) is 55.1 Å². The number of hydrogen-bond acceptors (Lipinski definition) is 2. The van der Waals surface area contributed by atoms with Gasteiger partial charge in [0.1, 0.15) is 0 Å². The summed E-state index contributed by atoms with van der Waals surface area (Å²) in [7, 11) is 0. The highest BCUT2D eigenvalue weighted by Gasteiger charge is 2.17. The summed E-state index contributed by atoms with van der Waals surface area (Å²) in [6.07, 6.45) is 2.78. The van der Waals surface area contributed by atoms with Gasteiger partial charge in [0.25, 0.3) is 0 Å². The van der Waals surface area contributed by atoms with E-state index in [1.165, 1.54) is 0 Å². The van der Waals surface area contributed by atoms with Gasteiger partial charge in [-0.25, -0.2) is 0 Å². The van der Waals surface area contributed by atoms with E-state index in [1.54, 1.807) is 0 Å². The molecule has 100 valence electrons. The number of halogens is 1. The Kier molecular flexibility index (Phi) is 6.36. The van der Waals surface area contributed by atoms with E-state index in [0.717, 1.165) is 29.3 Å². The molecule has 18 heavy (non-hydrogen) atoms. The van der Waals surface area contributed by atoms with Gasteiger partial charge in [-0.15, -0.1) is 0 Å². The smallest absolute Gasteiger partial charge is 0.237 e. The normalized spacial score (nSPS) is 14.0. The summed E-state index contributed by atoms with van der Waals surface area (Å²) >= 11 is 3.48. The molecule has 0 radical (unpaired) electrons. The van der Waals surface area contributed by atoms with Crippen LogP contribution < -0.4 is 11.1 Å². The predicted molar refractivity (Wildman–Crippen MR) is 78.2 cm³/mol. The average Bonchev–Trinajstić information content (AvgIpc) is 2.36. The molecule has 0 aliphatic rings. The number of nitrogens with one attached hydrogen (secondary N) is 1. The van der Waals surface area contributed by atoms with Crippen molar-refractivity contribution in [1.82, 2.24) is 5.32 Å². The van der Waals surface area contributed by atoms with Crippen molar-refractivity contribution in [3.05, 3.63) is 34.3 Å². The second kappa shape index (κ2) is 7.54. The molecule has 1 rings (SSSR count). The van der Waals surface area contributed by atoms with Crippen molar-refractivity contribution in [3.8, 4) is 0 Å². The summed E-state index contributed by atoms with van der Waals surface area (Å²) in [6, 6.07) is 7.42. The highest BCUT2D eigenvalue weighted by atomic mass is 79.9. The first-order valence-electron chi connectivity index (χ1n) is 6.36. The van der Waals surface area contributed by atoms with Crippen LogP contribution in [0.15, 0.2) is 28.7 Å². The number of benzene rings is 1. The molecule has 1 unspecified atom stereocenters. The highest BCUT2D eigenvalue weighted by Crippen LogP contribution is 2.22. The number of carbonyl (C=O) groups excluding carboxylic acids is 1. The number of amides is 1. The summed E-state index contributed by atoms with van der Waals surface area (Å²) in [5.41, 5.74) is 6.91. The minimum Gasteiger partial charge on any atom is -0.348 e. The molecule has 2 atom stereocenters. The average molecular weight is 313 g/mol. The molecule has 0 fully saturated rings. The van der Waals surface area contributed by atoms with Gasteiger partial charge in [0, 0.05) is 4.47 Å². The maximum absolute atomic E-state index is 11.9. The lowest BCUT2D eigenvalue weighted by Crippen LogP contribution is -2.41. The number of hydrogen-bond donors (Lipinski definition) is 2. The summed E-state index contributed by atoms with van der Waals surface area (Å²) < 4.78 is 1.000. The maximum atomic E-state index is 11.9. The predicted octanol–water partition coefficient (Wildman–Crippen LogP) is 3.14. The van der Waals surface area contributed by atoms with Crippen LogP contribution in [0.1, 0.15) is 44.7 Å². The molecule has 0 saturated carbocycles. The summed E-state index contributed by atoms with van der Waals surface area (Å²) in [5, 5.41) is 2.95. The van der Waals surface area contributed by atoms with E-state index in [-0.39, 0.29) is 11.9 Å². The lowest BCUT2D eigenvalue weighted by Gasteiger charge is -2.18. The van der Waals surface area contributed by atoms with Gasteiger partial charge < -0.3 is 11.1 Å². The molecule has 4 heteroatoms. The zero-order valence-corrected chi connectivity index (χ0v) is 12.5. The van der Waals surface area contributed by atoms with Gasteiger partial charge in [-0.1, -0.05) is 53.9 Å². The van der Waals surface area contributed by atoms with Gasteiger partial charge in [0.15, 0.2) is 0 Å². The van der Waals surface area contributed by atoms with Crippen molar-refractivity contribution in [2.24, 2.45) is 5.73 Å². The van der Waals surface area contributed by atoms with E-state index in [1.807, 2.05) is 31.2 Å². The zero-order chi connectivity index (χ0) is 13.5. The molecule has 0 bridgehead atoms. The van der Waals surface area contributed by atoms with Gasteiger partial charge in [-0.3, -0.25) is 4.79 Å². The molecule has 1 aromatic rings. The van der Waals surface area contributed by atoms with Crippen LogP contribution in [0, 0.1) is 0 Å². The lowest BCUT2D eigenvalue weighted by molar-refractivity contribution is -0.123. The Balaban J connectivity index is 2.57. The molecule has 3 N–H and O–H groups in total. The molecule has 1 amide bonds. The third-order valence-corrected chi connectivity index (χ3v) is 3.66. The fraction of sp³-hybridized carbons (Fsp3) is 0.500. The number of rotatable bonds is 6. The van der Waals surface area contributed by atoms with Crippen LogP contribution in [0.2, 0.25) is 0 Å². The van der Waals surface area contributed by atoms with Crippen molar-refractivity contribution >= 4 is 21.8 Å². The Morgan fingerprint density at radius 3 is 2.72 bits per heavy atom. The van der Waals surface area contributed by atoms with E-state index >= 15 is 0 Å². The Labute approximate surface area is 117 Å². The lowest BCUT2D eigenvalue weighted by atomic mass is 10.1. The first-order valence-corrected chi connectivity index (χ1v) is 7.16. The van der Waals surface area contributed by atoms with Gasteiger partial charge in [0.05, 0.1) is 12.1 Å². The second-order valence-corrected chi connectivity index (χ2v) is 5.35. The molecular weight excluding hydrogens is 292 g/mol. The Bertz CT molecular complexity index is 395. The van der Waals surface area contributed by atoms with E-state index in [4.69, 9.17) is 5.73 Å². The Hall–Kier alpha value is -0.870. The Morgan fingerprint density at radius 2 is 2.11 bits per heavy atom. The molecule has 0 aliphatic carbocycles. The molecule has 0 aromatic heterocycles. The van der Waals surface area contributed by atoms with E-state index < -0.39 is 6.04 Å². The second-order valence-electron chi connectivity index (χ2n) is 4.50. The number of carbonyl (C=O) groups is 1. The van der Waals surface area contributed by atoms with Crippen LogP contribution in [0.4, 0.5) is 0 Å². The van der Waals surface area contributed by atoms with E-state index in [9.17, 15) is 4.79 Å². The first-order chi connectivity index (χ1) is 8.56. The standard InChI is InChI=1S/C14H21BrN2O/c1-3-4-9-13(16)14(18)17-10(2)11-7-5-6-8-12(11)15/h5-8,10,13H,3-4,9,16H2,1-2H3,(H,17,18)/t10?,13-/m0/s1. The molecule has 3 nitrogen and oxygen atoms in total. The molecular formula is C14H21BrN2O. The minimum atomic E-state index is -0.408. The van der Waals surface area contributed by atoms with Crippen molar-refractivity contribution < 1.29 is 4.79 Å². The number of unbranched alkanes of at least 4 members (excludes halogenated alkanes) is 1. The van der Waals surface area contributed by atoms with Gasteiger partial charge >= 0.3 is 0 Å². The van der Waals surface area contributed by atoms with Gasteiger partial charge in [-0.2, -0.15) is 0 Å². The van der Waals surface area contributed by atoms with Crippen LogP contribution in [0.5, 0.6) is 0 Å². The van der Waals surface area contributed by atoms with Crippen molar-refractivity contribution in [2.45, 2.75) is 45.2 Å². The molecule has 1 aromatic carbocycles.